The SMILES string of the molecule is CCc1cc(C(=O)NCc2ncn(C)n2)cc(N)n1. The van der Waals surface area contributed by atoms with Crippen LogP contribution in [0.15, 0.2) is 18.5 Å². The molecule has 0 aliphatic carbocycles. The molecule has 3 N–H and O–H groups in total. The Labute approximate surface area is 110 Å². The highest BCUT2D eigenvalue weighted by molar-refractivity contribution is 5.94. The summed E-state index contributed by atoms with van der Waals surface area (Å²) in [5, 5.41) is 6.83. The molecular weight excluding hydrogens is 244 g/mol. The fourth-order valence-electron chi connectivity index (χ4n) is 1.65. The molecule has 0 saturated heterocycles. The first-order chi connectivity index (χ1) is 9.08. The minimum absolute atomic E-state index is 0.212. The molecular formula is C12H16N6O. The van der Waals surface area contributed by atoms with E-state index < -0.39 is 0 Å². The average Bonchev–Trinajstić information content (AvgIpc) is 2.81. The van der Waals surface area contributed by atoms with Crippen molar-refractivity contribution in [3.05, 3.63) is 35.5 Å². The fourth-order valence-corrected chi connectivity index (χ4v) is 1.65. The van der Waals surface area contributed by atoms with Crippen molar-refractivity contribution in [2.45, 2.75) is 19.9 Å². The second-order valence-electron chi connectivity index (χ2n) is 4.14. The van der Waals surface area contributed by atoms with Crippen LogP contribution in [0.5, 0.6) is 0 Å². The van der Waals surface area contributed by atoms with Crippen molar-refractivity contribution >= 4 is 11.7 Å². The van der Waals surface area contributed by atoms with E-state index in [0.717, 1.165) is 12.1 Å². The van der Waals surface area contributed by atoms with Gasteiger partial charge in [-0.3, -0.25) is 9.48 Å². The zero-order chi connectivity index (χ0) is 13.8. The van der Waals surface area contributed by atoms with E-state index in [9.17, 15) is 4.79 Å². The predicted octanol–water partition coefficient (Wildman–Crippen LogP) is 0.285. The Bertz CT molecular complexity index is 592. The largest absolute Gasteiger partial charge is 0.384 e. The number of aromatic nitrogens is 4. The number of aryl methyl sites for hydroxylation is 2. The van der Waals surface area contributed by atoms with E-state index in [1.165, 1.54) is 0 Å². The van der Waals surface area contributed by atoms with Gasteiger partial charge >= 0.3 is 0 Å². The van der Waals surface area contributed by atoms with Gasteiger partial charge in [0, 0.05) is 18.3 Å². The number of rotatable bonds is 4. The monoisotopic (exact) mass is 260 g/mol. The zero-order valence-corrected chi connectivity index (χ0v) is 10.9. The lowest BCUT2D eigenvalue weighted by molar-refractivity contribution is 0.0949. The van der Waals surface area contributed by atoms with Gasteiger partial charge < -0.3 is 11.1 Å². The molecule has 2 aromatic rings. The van der Waals surface area contributed by atoms with E-state index in [1.807, 2.05) is 6.92 Å². The molecule has 7 heteroatoms. The molecule has 0 aliphatic heterocycles. The summed E-state index contributed by atoms with van der Waals surface area (Å²) in [5.74, 6) is 0.699. The van der Waals surface area contributed by atoms with Gasteiger partial charge in [-0.1, -0.05) is 6.92 Å². The summed E-state index contributed by atoms with van der Waals surface area (Å²) >= 11 is 0. The first kappa shape index (κ1) is 13.0. The molecule has 0 fully saturated rings. The van der Waals surface area contributed by atoms with E-state index in [-0.39, 0.29) is 12.5 Å². The number of anilines is 1. The van der Waals surface area contributed by atoms with E-state index in [2.05, 4.69) is 20.4 Å². The van der Waals surface area contributed by atoms with Crippen LogP contribution >= 0.6 is 0 Å². The van der Waals surface area contributed by atoms with Gasteiger partial charge in [0.1, 0.15) is 12.1 Å². The highest BCUT2D eigenvalue weighted by Gasteiger charge is 2.09. The standard InChI is InChI=1S/C12H16N6O/c1-3-9-4-8(5-10(13)16-9)12(19)14-6-11-15-7-18(2)17-11/h4-5,7H,3,6H2,1-2H3,(H2,13,16)(H,14,19). The van der Waals surface area contributed by atoms with E-state index in [4.69, 9.17) is 5.73 Å². The summed E-state index contributed by atoms with van der Waals surface area (Å²) in [7, 11) is 1.77. The Hall–Kier alpha value is -2.44. The molecule has 0 radical (unpaired) electrons. The minimum Gasteiger partial charge on any atom is -0.384 e. The van der Waals surface area contributed by atoms with Crippen LogP contribution in [-0.4, -0.2) is 25.7 Å². The number of pyridine rings is 1. The molecule has 0 unspecified atom stereocenters. The Balaban J connectivity index is 2.05. The molecule has 0 saturated carbocycles. The van der Waals surface area contributed by atoms with Gasteiger partial charge in [0.2, 0.25) is 0 Å². The van der Waals surface area contributed by atoms with Crippen LogP contribution in [0, 0.1) is 0 Å². The van der Waals surface area contributed by atoms with Crippen LogP contribution in [0.25, 0.3) is 0 Å². The second-order valence-corrected chi connectivity index (χ2v) is 4.14. The molecule has 7 nitrogen and oxygen atoms in total. The first-order valence-electron chi connectivity index (χ1n) is 5.97. The van der Waals surface area contributed by atoms with Crippen LogP contribution in [0.4, 0.5) is 5.82 Å². The number of nitrogen functional groups attached to an aromatic ring is 1. The number of carbonyl (C=O) groups is 1. The molecule has 0 aromatic carbocycles. The van der Waals surface area contributed by atoms with Gasteiger partial charge in [0.25, 0.3) is 5.91 Å². The summed E-state index contributed by atoms with van der Waals surface area (Å²) in [4.78, 5) is 20.1. The molecule has 1 amide bonds. The maximum atomic E-state index is 12.0. The summed E-state index contributed by atoms with van der Waals surface area (Å²) in [5.41, 5.74) is 6.96. The smallest absolute Gasteiger partial charge is 0.251 e. The van der Waals surface area contributed by atoms with Crippen LogP contribution in [0.3, 0.4) is 0 Å². The third kappa shape index (κ3) is 3.27. The molecule has 2 rings (SSSR count). The van der Waals surface area contributed by atoms with Crippen LogP contribution in [0.1, 0.15) is 28.8 Å². The highest BCUT2D eigenvalue weighted by atomic mass is 16.1. The van der Waals surface area contributed by atoms with Gasteiger partial charge in [-0.2, -0.15) is 5.10 Å². The Morgan fingerprint density at radius 3 is 2.89 bits per heavy atom. The van der Waals surface area contributed by atoms with Crippen LogP contribution in [0.2, 0.25) is 0 Å². The van der Waals surface area contributed by atoms with Crippen molar-refractivity contribution in [3.63, 3.8) is 0 Å². The lowest BCUT2D eigenvalue weighted by atomic mass is 10.2. The van der Waals surface area contributed by atoms with Gasteiger partial charge in [-0.25, -0.2) is 9.97 Å². The quantitative estimate of drug-likeness (QED) is 0.823. The average molecular weight is 260 g/mol. The normalized spacial score (nSPS) is 10.4. The van der Waals surface area contributed by atoms with Crippen molar-refractivity contribution in [1.82, 2.24) is 25.1 Å². The Morgan fingerprint density at radius 2 is 2.26 bits per heavy atom. The van der Waals surface area contributed by atoms with E-state index >= 15 is 0 Å². The van der Waals surface area contributed by atoms with Gasteiger partial charge in [0.05, 0.1) is 6.54 Å². The first-order valence-corrected chi connectivity index (χ1v) is 5.97. The molecule has 0 aliphatic rings. The Morgan fingerprint density at radius 1 is 1.47 bits per heavy atom. The number of carbonyl (C=O) groups excluding carboxylic acids is 1. The maximum absolute atomic E-state index is 12.0. The summed E-state index contributed by atoms with van der Waals surface area (Å²) < 4.78 is 1.58. The van der Waals surface area contributed by atoms with E-state index in [0.29, 0.717) is 17.2 Å². The summed E-state index contributed by atoms with van der Waals surface area (Å²) in [6.07, 6.45) is 2.31. The lowest BCUT2D eigenvalue weighted by Gasteiger charge is -2.05. The van der Waals surface area contributed by atoms with Crippen molar-refractivity contribution in [2.24, 2.45) is 7.05 Å². The topological polar surface area (TPSA) is 98.7 Å². The number of hydrogen-bond donors (Lipinski definition) is 2. The third-order valence-electron chi connectivity index (χ3n) is 2.58. The van der Waals surface area contributed by atoms with Gasteiger partial charge in [-0.05, 0) is 18.6 Å². The van der Waals surface area contributed by atoms with E-state index in [1.54, 1.807) is 30.2 Å². The Kier molecular flexibility index (Phi) is 3.74. The molecule has 0 bridgehead atoms. The summed E-state index contributed by atoms with van der Waals surface area (Å²) in [6, 6.07) is 3.29. The van der Waals surface area contributed by atoms with Crippen molar-refractivity contribution in [3.8, 4) is 0 Å². The third-order valence-corrected chi connectivity index (χ3v) is 2.58. The fraction of sp³-hybridized carbons (Fsp3) is 0.333. The number of amides is 1. The minimum atomic E-state index is -0.212. The van der Waals surface area contributed by atoms with Gasteiger partial charge in [0.15, 0.2) is 5.82 Å². The molecule has 2 aromatic heterocycles. The number of hydrogen-bond acceptors (Lipinski definition) is 5. The lowest BCUT2D eigenvalue weighted by Crippen LogP contribution is -2.24. The number of nitrogens with one attached hydrogen (secondary N) is 1. The van der Waals surface area contributed by atoms with Gasteiger partial charge in [-0.15, -0.1) is 0 Å². The van der Waals surface area contributed by atoms with Crippen molar-refractivity contribution < 1.29 is 4.79 Å². The second kappa shape index (κ2) is 5.47. The maximum Gasteiger partial charge on any atom is 0.251 e. The molecule has 100 valence electrons. The predicted molar refractivity (Wildman–Crippen MR) is 70.2 cm³/mol. The van der Waals surface area contributed by atoms with Crippen LogP contribution in [-0.2, 0) is 20.0 Å². The number of nitrogens with zero attached hydrogens (tertiary/aromatic N) is 4. The molecule has 0 spiro atoms. The van der Waals surface area contributed by atoms with Crippen molar-refractivity contribution in [2.75, 3.05) is 5.73 Å². The summed E-state index contributed by atoms with van der Waals surface area (Å²) in [6.45, 7) is 2.24. The molecule has 0 atom stereocenters. The van der Waals surface area contributed by atoms with Crippen LogP contribution < -0.4 is 11.1 Å². The molecule has 19 heavy (non-hydrogen) atoms. The zero-order valence-electron chi connectivity index (χ0n) is 10.9. The number of nitrogens with two attached hydrogens (primary N) is 1. The highest BCUT2D eigenvalue weighted by Crippen LogP contribution is 2.08. The molecule has 2 heterocycles. The van der Waals surface area contributed by atoms with Crippen molar-refractivity contribution in [1.29, 1.82) is 0 Å².